The second-order valence-electron chi connectivity index (χ2n) is 10.0. The van der Waals surface area contributed by atoms with Gasteiger partial charge in [0.2, 0.25) is 23.6 Å². The van der Waals surface area contributed by atoms with Crippen molar-refractivity contribution in [2.75, 3.05) is 12.0 Å². The average Bonchev–Trinajstić information content (AvgIpc) is 3.37. The van der Waals surface area contributed by atoms with Crippen LogP contribution >= 0.6 is 11.8 Å². The summed E-state index contributed by atoms with van der Waals surface area (Å²) in [5, 5.41) is 27.5. The molecular weight excluding hydrogens is 576 g/mol. The van der Waals surface area contributed by atoms with Crippen LogP contribution in [0.5, 0.6) is 5.75 Å². The number of H-pyrrole nitrogens is 1. The van der Waals surface area contributed by atoms with Gasteiger partial charge in [-0.25, -0.2) is 4.79 Å². The third kappa shape index (κ3) is 9.75. The minimum atomic E-state index is -1.49. The van der Waals surface area contributed by atoms with E-state index in [9.17, 15) is 34.2 Å². The quantitative estimate of drug-likeness (QED) is 0.110. The summed E-state index contributed by atoms with van der Waals surface area (Å²) in [4.78, 5) is 66.2. The number of primary amides is 1. The fourth-order valence-electron chi connectivity index (χ4n) is 4.44. The Hall–Kier alpha value is -4.56. The van der Waals surface area contributed by atoms with Crippen molar-refractivity contribution < 1.29 is 34.2 Å². The molecule has 0 aliphatic rings. The molecule has 230 valence electrons. The molecule has 0 aliphatic heterocycles. The van der Waals surface area contributed by atoms with Crippen LogP contribution in [0.1, 0.15) is 24.0 Å². The van der Waals surface area contributed by atoms with Gasteiger partial charge in [-0.2, -0.15) is 11.8 Å². The Kier molecular flexibility index (Phi) is 12.0. The van der Waals surface area contributed by atoms with Crippen LogP contribution < -0.4 is 27.4 Å². The van der Waals surface area contributed by atoms with Crippen LogP contribution in [0.4, 0.5) is 0 Å². The van der Waals surface area contributed by atoms with Gasteiger partial charge in [-0.3, -0.25) is 19.2 Å². The van der Waals surface area contributed by atoms with Gasteiger partial charge in [0, 0.05) is 23.5 Å². The molecule has 0 saturated carbocycles. The zero-order valence-corrected chi connectivity index (χ0v) is 24.4. The highest BCUT2D eigenvalue weighted by atomic mass is 32.2. The van der Waals surface area contributed by atoms with Crippen LogP contribution in [0.3, 0.4) is 0 Å². The number of rotatable bonds is 16. The summed E-state index contributed by atoms with van der Waals surface area (Å²) in [6.07, 6.45) is 3.14. The molecule has 43 heavy (non-hydrogen) atoms. The molecule has 1 aromatic heterocycles. The van der Waals surface area contributed by atoms with Crippen molar-refractivity contribution in [3.8, 4) is 5.75 Å². The molecule has 1 heterocycles. The largest absolute Gasteiger partial charge is 0.508 e. The number of carbonyl (C=O) groups excluding carboxylic acids is 4. The SMILES string of the molecule is CSCCC(NC(=O)C(N)Cc1ccc(O)cc1)C(=O)NC(CC(N)=O)C(=O)NC(Cc1c[nH]c2ccccc12)C(=O)O. The summed E-state index contributed by atoms with van der Waals surface area (Å²) in [6, 6.07) is 8.48. The molecular formula is C29H36N6O7S. The van der Waals surface area contributed by atoms with Gasteiger partial charge in [0.05, 0.1) is 12.5 Å². The summed E-state index contributed by atoms with van der Waals surface area (Å²) >= 11 is 1.43. The molecule has 3 aromatic rings. The van der Waals surface area contributed by atoms with Crippen molar-refractivity contribution in [2.45, 2.75) is 49.9 Å². The number of hydrogen-bond acceptors (Lipinski definition) is 8. The van der Waals surface area contributed by atoms with Crippen LogP contribution in [-0.2, 0) is 36.8 Å². The topological polar surface area (TPSA) is 230 Å². The van der Waals surface area contributed by atoms with Crippen LogP contribution in [0.2, 0.25) is 0 Å². The molecule has 10 N–H and O–H groups in total. The van der Waals surface area contributed by atoms with E-state index in [-0.39, 0.29) is 25.0 Å². The van der Waals surface area contributed by atoms with Crippen molar-refractivity contribution in [3.63, 3.8) is 0 Å². The van der Waals surface area contributed by atoms with E-state index in [1.165, 1.54) is 23.9 Å². The molecule has 13 nitrogen and oxygen atoms in total. The van der Waals surface area contributed by atoms with E-state index in [1.807, 2.05) is 24.5 Å². The van der Waals surface area contributed by atoms with Crippen molar-refractivity contribution in [1.29, 1.82) is 0 Å². The number of carboxylic acids is 1. The van der Waals surface area contributed by atoms with Crippen molar-refractivity contribution in [1.82, 2.24) is 20.9 Å². The van der Waals surface area contributed by atoms with Crippen LogP contribution in [0, 0.1) is 0 Å². The summed E-state index contributed by atoms with van der Waals surface area (Å²) < 4.78 is 0. The molecule has 4 atom stereocenters. The van der Waals surface area contributed by atoms with Gasteiger partial charge in [0.15, 0.2) is 0 Å². The van der Waals surface area contributed by atoms with Gasteiger partial charge in [-0.1, -0.05) is 30.3 Å². The first-order chi connectivity index (χ1) is 20.5. The Morgan fingerprint density at radius 3 is 2.16 bits per heavy atom. The summed E-state index contributed by atoms with van der Waals surface area (Å²) in [5.74, 6) is -3.96. The molecule has 0 saturated heterocycles. The zero-order chi connectivity index (χ0) is 31.5. The highest BCUT2D eigenvalue weighted by molar-refractivity contribution is 7.98. The Morgan fingerprint density at radius 2 is 1.51 bits per heavy atom. The Bertz CT molecular complexity index is 1440. The number of nitrogens with one attached hydrogen (secondary N) is 4. The number of aliphatic carboxylic acids is 1. The smallest absolute Gasteiger partial charge is 0.326 e. The van der Waals surface area contributed by atoms with Crippen LogP contribution in [0.15, 0.2) is 54.7 Å². The first kappa shape index (κ1) is 32.9. The van der Waals surface area contributed by atoms with Crippen molar-refractivity contribution >= 4 is 52.3 Å². The number of fused-ring (bicyclic) bond motifs is 1. The fourth-order valence-corrected chi connectivity index (χ4v) is 4.91. The Labute approximate surface area is 252 Å². The van der Waals surface area contributed by atoms with Gasteiger partial charge in [0.25, 0.3) is 0 Å². The number of aromatic hydroxyl groups is 1. The summed E-state index contributed by atoms with van der Waals surface area (Å²) in [7, 11) is 0. The lowest BCUT2D eigenvalue weighted by molar-refractivity contribution is -0.142. The second-order valence-corrected chi connectivity index (χ2v) is 11.0. The predicted octanol–water partition coefficient (Wildman–Crippen LogP) is 0.154. The first-order valence-corrected chi connectivity index (χ1v) is 14.9. The van der Waals surface area contributed by atoms with E-state index in [2.05, 4.69) is 20.9 Å². The Balaban J connectivity index is 1.70. The molecule has 4 amide bonds. The lowest BCUT2D eigenvalue weighted by Crippen LogP contribution is -2.58. The molecule has 0 bridgehead atoms. The number of aromatic nitrogens is 1. The third-order valence-corrected chi connectivity index (χ3v) is 7.37. The van der Waals surface area contributed by atoms with Crippen molar-refractivity contribution in [3.05, 3.63) is 65.9 Å². The van der Waals surface area contributed by atoms with E-state index in [1.54, 1.807) is 24.4 Å². The second kappa shape index (κ2) is 15.6. The van der Waals surface area contributed by atoms with Gasteiger partial charge in [0.1, 0.15) is 23.9 Å². The van der Waals surface area contributed by atoms with E-state index in [4.69, 9.17) is 11.5 Å². The zero-order valence-electron chi connectivity index (χ0n) is 23.5. The standard InChI is InChI=1S/C29H36N6O7S/c1-43-11-10-22(33-26(38)20(30)12-16-6-8-18(36)9-7-16)27(39)34-23(14-25(31)37)28(40)35-24(29(41)42)13-17-15-32-21-5-3-2-4-19(17)21/h2-9,15,20,22-24,32,36H,10-14,30H2,1H3,(H2,31,37)(H,33,38)(H,34,39)(H,35,40)(H,41,42). The number of para-hydroxylation sites is 1. The van der Waals surface area contributed by atoms with Crippen LogP contribution in [-0.4, -0.2) is 81.0 Å². The molecule has 4 unspecified atom stereocenters. The molecule has 2 aromatic carbocycles. The summed E-state index contributed by atoms with van der Waals surface area (Å²) in [5.41, 5.74) is 13.5. The monoisotopic (exact) mass is 612 g/mol. The van der Waals surface area contributed by atoms with E-state index in [0.29, 0.717) is 16.9 Å². The number of carboxylic acid groups (broad SMARTS) is 1. The number of benzene rings is 2. The minimum Gasteiger partial charge on any atom is -0.508 e. The first-order valence-electron chi connectivity index (χ1n) is 13.5. The maximum atomic E-state index is 13.3. The maximum Gasteiger partial charge on any atom is 0.326 e. The number of hydrogen-bond donors (Lipinski definition) is 8. The minimum absolute atomic E-state index is 0.0619. The average molecular weight is 613 g/mol. The van der Waals surface area contributed by atoms with Gasteiger partial charge >= 0.3 is 5.97 Å². The predicted molar refractivity (Wildman–Crippen MR) is 162 cm³/mol. The van der Waals surface area contributed by atoms with E-state index in [0.717, 1.165) is 10.9 Å². The molecule has 0 spiro atoms. The lowest BCUT2D eigenvalue weighted by atomic mass is 10.0. The molecule has 0 aliphatic carbocycles. The van der Waals surface area contributed by atoms with Gasteiger partial charge < -0.3 is 42.6 Å². The van der Waals surface area contributed by atoms with Crippen LogP contribution in [0.25, 0.3) is 10.9 Å². The molecule has 3 rings (SSSR count). The lowest BCUT2D eigenvalue weighted by Gasteiger charge is -2.24. The number of aromatic amines is 1. The number of amides is 4. The van der Waals surface area contributed by atoms with E-state index >= 15 is 0 Å². The van der Waals surface area contributed by atoms with Crippen molar-refractivity contribution in [2.24, 2.45) is 11.5 Å². The number of phenolic OH excluding ortho intramolecular Hbond substituents is 1. The number of nitrogens with two attached hydrogens (primary N) is 2. The normalized spacial score (nSPS) is 13.8. The highest BCUT2D eigenvalue weighted by Crippen LogP contribution is 2.19. The number of phenols is 1. The maximum absolute atomic E-state index is 13.3. The Morgan fingerprint density at radius 1 is 0.884 bits per heavy atom. The third-order valence-electron chi connectivity index (χ3n) is 6.72. The number of carbonyl (C=O) groups is 5. The molecule has 0 radical (unpaired) electrons. The van der Waals surface area contributed by atoms with E-state index < -0.39 is 60.2 Å². The van der Waals surface area contributed by atoms with Gasteiger partial charge in [-0.05, 0) is 54.2 Å². The fraction of sp³-hybridized carbons (Fsp3) is 0.345. The van der Waals surface area contributed by atoms with Gasteiger partial charge in [-0.15, -0.1) is 0 Å². The summed E-state index contributed by atoms with van der Waals surface area (Å²) in [6.45, 7) is 0. The molecule has 14 heteroatoms. The highest BCUT2D eigenvalue weighted by Gasteiger charge is 2.31. The molecule has 0 fully saturated rings. The number of thioether (sulfide) groups is 1.